The fourth-order valence-electron chi connectivity index (χ4n) is 2.26. The number of nitrogens with one attached hydrogen (secondary N) is 2. The highest BCUT2D eigenvalue weighted by Crippen LogP contribution is 2.12. The summed E-state index contributed by atoms with van der Waals surface area (Å²) in [5, 5.41) is 5.57. The van der Waals surface area contributed by atoms with Crippen LogP contribution in [0, 0.1) is 0 Å². The SMILES string of the molecule is CCCNC(=O)c1cccc(C(=O)NCCc2cccc(OC)c2)n1. The maximum Gasteiger partial charge on any atom is 0.269 e. The van der Waals surface area contributed by atoms with E-state index in [-0.39, 0.29) is 23.2 Å². The Kier molecular flexibility index (Phi) is 6.95. The van der Waals surface area contributed by atoms with E-state index in [0.717, 1.165) is 17.7 Å². The van der Waals surface area contributed by atoms with Crippen LogP contribution in [0.1, 0.15) is 39.9 Å². The minimum atomic E-state index is -0.298. The van der Waals surface area contributed by atoms with Gasteiger partial charge in [0.1, 0.15) is 17.1 Å². The molecule has 0 unspecified atom stereocenters. The van der Waals surface area contributed by atoms with Gasteiger partial charge in [-0.3, -0.25) is 9.59 Å². The van der Waals surface area contributed by atoms with Crippen molar-refractivity contribution in [2.45, 2.75) is 19.8 Å². The minimum absolute atomic E-state index is 0.231. The predicted molar refractivity (Wildman–Crippen MR) is 95.9 cm³/mol. The van der Waals surface area contributed by atoms with Crippen molar-refractivity contribution < 1.29 is 14.3 Å². The van der Waals surface area contributed by atoms with Crippen LogP contribution in [0.5, 0.6) is 5.75 Å². The van der Waals surface area contributed by atoms with Gasteiger partial charge < -0.3 is 15.4 Å². The largest absolute Gasteiger partial charge is 0.497 e. The highest BCUT2D eigenvalue weighted by molar-refractivity contribution is 5.96. The van der Waals surface area contributed by atoms with Gasteiger partial charge in [0.2, 0.25) is 0 Å². The Bertz CT molecular complexity index is 731. The number of carbonyl (C=O) groups excluding carboxylic acids is 2. The molecule has 2 rings (SSSR count). The predicted octanol–water partition coefficient (Wildman–Crippen LogP) is 2.20. The topological polar surface area (TPSA) is 80.3 Å². The van der Waals surface area contributed by atoms with Crippen LogP contribution in [0.25, 0.3) is 0 Å². The summed E-state index contributed by atoms with van der Waals surface area (Å²) in [6.07, 6.45) is 1.52. The Morgan fingerprint density at radius 2 is 1.64 bits per heavy atom. The molecule has 1 heterocycles. The van der Waals surface area contributed by atoms with Crippen molar-refractivity contribution in [3.63, 3.8) is 0 Å². The van der Waals surface area contributed by atoms with Gasteiger partial charge in [0.05, 0.1) is 7.11 Å². The second-order valence-corrected chi connectivity index (χ2v) is 5.52. The smallest absolute Gasteiger partial charge is 0.269 e. The number of benzene rings is 1. The summed E-state index contributed by atoms with van der Waals surface area (Å²) in [5.41, 5.74) is 1.55. The maximum absolute atomic E-state index is 12.2. The van der Waals surface area contributed by atoms with Crippen LogP contribution in [0.15, 0.2) is 42.5 Å². The average molecular weight is 341 g/mol. The van der Waals surface area contributed by atoms with Gasteiger partial charge in [0, 0.05) is 13.1 Å². The molecule has 2 aromatic rings. The third-order valence-corrected chi connectivity index (χ3v) is 3.58. The van der Waals surface area contributed by atoms with E-state index < -0.39 is 0 Å². The van der Waals surface area contributed by atoms with Gasteiger partial charge in [0.25, 0.3) is 11.8 Å². The summed E-state index contributed by atoms with van der Waals surface area (Å²) in [7, 11) is 1.62. The Labute approximate surface area is 147 Å². The highest BCUT2D eigenvalue weighted by Gasteiger charge is 2.11. The number of pyridine rings is 1. The van der Waals surface area contributed by atoms with E-state index in [0.29, 0.717) is 19.5 Å². The molecule has 0 radical (unpaired) electrons. The molecule has 25 heavy (non-hydrogen) atoms. The number of rotatable bonds is 8. The van der Waals surface area contributed by atoms with Gasteiger partial charge in [0.15, 0.2) is 0 Å². The van der Waals surface area contributed by atoms with Crippen LogP contribution in [0.3, 0.4) is 0 Å². The number of hydrogen-bond acceptors (Lipinski definition) is 4. The molecule has 0 aliphatic rings. The molecule has 0 bridgehead atoms. The third kappa shape index (κ3) is 5.60. The standard InChI is InChI=1S/C19H23N3O3/c1-3-11-20-18(23)16-8-5-9-17(22-16)19(24)21-12-10-14-6-4-7-15(13-14)25-2/h4-9,13H,3,10-12H2,1-2H3,(H,20,23)(H,21,24). The molecule has 6 heteroatoms. The van der Waals surface area contributed by atoms with Crippen LogP contribution in [-0.4, -0.2) is 37.0 Å². The molecule has 1 aromatic heterocycles. The first kappa shape index (κ1) is 18.4. The number of nitrogens with zero attached hydrogens (tertiary/aromatic N) is 1. The van der Waals surface area contributed by atoms with E-state index in [4.69, 9.17) is 4.74 Å². The van der Waals surface area contributed by atoms with Crippen LogP contribution >= 0.6 is 0 Å². The van der Waals surface area contributed by atoms with Gasteiger partial charge in [-0.05, 0) is 42.7 Å². The molecule has 1 aromatic carbocycles. The number of carbonyl (C=O) groups is 2. The van der Waals surface area contributed by atoms with E-state index >= 15 is 0 Å². The molecule has 2 N–H and O–H groups in total. The van der Waals surface area contributed by atoms with E-state index in [1.54, 1.807) is 25.3 Å². The van der Waals surface area contributed by atoms with Crippen molar-refractivity contribution >= 4 is 11.8 Å². The van der Waals surface area contributed by atoms with Gasteiger partial charge in [-0.1, -0.05) is 25.1 Å². The summed E-state index contributed by atoms with van der Waals surface area (Å²) in [5.74, 6) is 0.220. The minimum Gasteiger partial charge on any atom is -0.497 e. The molecule has 0 saturated carbocycles. The third-order valence-electron chi connectivity index (χ3n) is 3.58. The zero-order chi connectivity index (χ0) is 18.1. The van der Waals surface area contributed by atoms with Crippen molar-refractivity contribution in [1.82, 2.24) is 15.6 Å². The molecule has 6 nitrogen and oxygen atoms in total. The summed E-state index contributed by atoms with van der Waals surface area (Å²) in [6, 6.07) is 12.5. The molecule has 2 amide bonds. The number of hydrogen-bond donors (Lipinski definition) is 2. The monoisotopic (exact) mass is 341 g/mol. The molecule has 0 aliphatic heterocycles. The molecule has 0 aliphatic carbocycles. The fourth-order valence-corrected chi connectivity index (χ4v) is 2.26. The van der Waals surface area contributed by atoms with Gasteiger partial charge in [-0.2, -0.15) is 0 Å². The zero-order valence-electron chi connectivity index (χ0n) is 14.5. The van der Waals surface area contributed by atoms with Gasteiger partial charge in [-0.25, -0.2) is 4.98 Å². The van der Waals surface area contributed by atoms with Crippen molar-refractivity contribution in [3.8, 4) is 5.75 Å². The van der Waals surface area contributed by atoms with Crippen molar-refractivity contribution in [1.29, 1.82) is 0 Å². The van der Waals surface area contributed by atoms with Crippen LogP contribution in [0.4, 0.5) is 0 Å². The number of aromatic nitrogens is 1. The average Bonchev–Trinajstić information content (AvgIpc) is 2.66. The zero-order valence-corrected chi connectivity index (χ0v) is 14.5. The van der Waals surface area contributed by atoms with Crippen molar-refractivity contribution in [3.05, 3.63) is 59.4 Å². The van der Waals surface area contributed by atoms with Crippen LogP contribution < -0.4 is 15.4 Å². The van der Waals surface area contributed by atoms with Crippen molar-refractivity contribution in [2.75, 3.05) is 20.2 Å². The summed E-state index contributed by atoms with van der Waals surface area (Å²) >= 11 is 0. The maximum atomic E-state index is 12.2. The second-order valence-electron chi connectivity index (χ2n) is 5.52. The first-order valence-electron chi connectivity index (χ1n) is 8.30. The van der Waals surface area contributed by atoms with Crippen LogP contribution in [0.2, 0.25) is 0 Å². The molecular weight excluding hydrogens is 318 g/mol. The van der Waals surface area contributed by atoms with Crippen molar-refractivity contribution in [2.24, 2.45) is 0 Å². The van der Waals surface area contributed by atoms with Crippen LogP contribution in [-0.2, 0) is 6.42 Å². The molecule has 132 valence electrons. The second kappa shape index (κ2) is 9.42. The molecular formula is C19H23N3O3. The number of amides is 2. The first-order chi connectivity index (χ1) is 12.1. The first-order valence-corrected chi connectivity index (χ1v) is 8.30. The van der Waals surface area contributed by atoms with E-state index in [1.807, 2.05) is 31.2 Å². The Morgan fingerprint density at radius 1 is 1.00 bits per heavy atom. The molecule has 0 saturated heterocycles. The van der Waals surface area contributed by atoms with E-state index in [2.05, 4.69) is 15.6 Å². The summed E-state index contributed by atoms with van der Waals surface area (Å²) < 4.78 is 5.18. The molecule has 0 spiro atoms. The lowest BCUT2D eigenvalue weighted by atomic mass is 10.1. The normalized spacial score (nSPS) is 10.2. The summed E-state index contributed by atoms with van der Waals surface area (Å²) in [4.78, 5) is 28.3. The van der Waals surface area contributed by atoms with Gasteiger partial charge in [-0.15, -0.1) is 0 Å². The lowest BCUT2D eigenvalue weighted by molar-refractivity contribution is 0.0944. The van der Waals surface area contributed by atoms with Gasteiger partial charge >= 0.3 is 0 Å². The van der Waals surface area contributed by atoms with E-state index in [9.17, 15) is 9.59 Å². The quantitative estimate of drug-likeness (QED) is 0.771. The molecule has 0 fully saturated rings. The fraction of sp³-hybridized carbons (Fsp3) is 0.316. The number of methoxy groups -OCH3 is 1. The lowest BCUT2D eigenvalue weighted by Gasteiger charge is -2.08. The van der Waals surface area contributed by atoms with E-state index in [1.165, 1.54) is 0 Å². The molecule has 0 atom stereocenters. The Balaban J connectivity index is 1.91. The Hall–Kier alpha value is -2.89. The highest BCUT2D eigenvalue weighted by atomic mass is 16.5. The summed E-state index contributed by atoms with van der Waals surface area (Å²) in [6.45, 7) is 3.03. The number of ether oxygens (including phenoxy) is 1. The Morgan fingerprint density at radius 3 is 2.28 bits per heavy atom. The lowest BCUT2D eigenvalue weighted by Crippen LogP contribution is -2.29.